The molecule has 0 radical (unpaired) electrons. The molecule has 124 valence electrons. The van der Waals surface area contributed by atoms with E-state index < -0.39 is 36.4 Å². The van der Waals surface area contributed by atoms with Gasteiger partial charge in [0.15, 0.2) is 0 Å². The molecule has 0 fully saturated rings. The molecule has 6 nitrogen and oxygen atoms in total. The summed E-state index contributed by atoms with van der Waals surface area (Å²) in [5, 5.41) is 12.3. The van der Waals surface area contributed by atoms with E-state index in [9.17, 15) is 23.1 Å². The first kappa shape index (κ1) is 16.9. The van der Waals surface area contributed by atoms with Gasteiger partial charge in [0, 0.05) is 25.4 Å². The maximum Gasteiger partial charge on any atom is 0.424 e. The van der Waals surface area contributed by atoms with Crippen LogP contribution < -0.4 is 5.32 Å². The Kier molecular flexibility index (Phi) is 4.69. The van der Waals surface area contributed by atoms with Crippen LogP contribution in [0.15, 0.2) is 35.1 Å². The van der Waals surface area contributed by atoms with Crippen molar-refractivity contribution in [2.75, 3.05) is 6.54 Å². The van der Waals surface area contributed by atoms with Crippen LogP contribution in [0.5, 0.6) is 0 Å². The number of amides is 1. The molecule has 9 heteroatoms. The third-order valence-corrected chi connectivity index (χ3v) is 3.19. The maximum atomic E-state index is 13.2. The van der Waals surface area contributed by atoms with Gasteiger partial charge in [0.2, 0.25) is 5.60 Å². The van der Waals surface area contributed by atoms with Gasteiger partial charge in [-0.25, -0.2) is 4.98 Å². The van der Waals surface area contributed by atoms with Crippen LogP contribution >= 0.6 is 0 Å². The van der Waals surface area contributed by atoms with E-state index in [1.54, 1.807) is 0 Å². The van der Waals surface area contributed by atoms with Crippen molar-refractivity contribution in [2.45, 2.75) is 25.1 Å². The second-order valence-electron chi connectivity index (χ2n) is 4.86. The summed E-state index contributed by atoms with van der Waals surface area (Å²) in [7, 11) is 0. The monoisotopic (exact) mass is 329 g/mol. The predicted octanol–water partition coefficient (Wildman–Crippen LogP) is 1.95. The summed E-state index contributed by atoms with van der Waals surface area (Å²) in [5.74, 6) is -1.05. The van der Waals surface area contributed by atoms with E-state index in [1.807, 2.05) is 0 Å². The molecule has 0 spiro atoms. The number of carbonyl (C=O) groups is 1. The normalized spacial score (nSPS) is 14.3. The van der Waals surface area contributed by atoms with Crippen molar-refractivity contribution in [3.05, 3.63) is 47.9 Å². The second-order valence-corrected chi connectivity index (χ2v) is 4.86. The molecule has 23 heavy (non-hydrogen) atoms. The summed E-state index contributed by atoms with van der Waals surface area (Å²) in [6.45, 7) is 1.04. The van der Waals surface area contributed by atoms with Gasteiger partial charge in [-0.15, -0.1) is 0 Å². The number of aliphatic hydroxyl groups is 1. The Bertz CT molecular complexity index is 673. The zero-order valence-electron chi connectivity index (χ0n) is 12.1. The fourth-order valence-electron chi connectivity index (χ4n) is 1.93. The van der Waals surface area contributed by atoms with Crippen LogP contribution in [0.3, 0.4) is 0 Å². The lowest BCUT2D eigenvalue weighted by atomic mass is 9.95. The summed E-state index contributed by atoms with van der Waals surface area (Å²) >= 11 is 0. The molecule has 2 rings (SSSR count). The first-order valence-electron chi connectivity index (χ1n) is 6.64. The van der Waals surface area contributed by atoms with Crippen LogP contribution in [0, 0.1) is 6.92 Å². The van der Waals surface area contributed by atoms with Crippen molar-refractivity contribution < 1.29 is 27.5 Å². The van der Waals surface area contributed by atoms with Gasteiger partial charge in [0.25, 0.3) is 5.91 Å². The average Bonchev–Trinajstić information content (AvgIpc) is 2.93. The summed E-state index contributed by atoms with van der Waals surface area (Å²) in [6, 6.07) is 2.39. The van der Waals surface area contributed by atoms with Crippen LogP contribution in [-0.2, 0) is 5.60 Å². The number of carbonyl (C=O) groups excluding carboxylic acids is 1. The molecule has 0 saturated heterocycles. The Morgan fingerprint density at radius 3 is 2.61 bits per heavy atom. The molecular formula is C14H14F3N3O3. The standard InChI is InChI=1S/C14H14F3N3O3/c1-9-2-3-11(23-9)13(22,14(15,16)17)4-5-20-12(21)10-8-18-6-7-19-10/h2-3,6-8,22H,4-5H2,1H3,(H,20,21)/t13-/m0/s1. The van der Waals surface area contributed by atoms with Gasteiger partial charge in [-0.1, -0.05) is 0 Å². The number of hydrogen-bond donors (Lipinski definition) is 2. The minimum absolute atomic E-state index is 0.0307. The van der Waals surface area contributed by atoms with Gasteiger partial charge in [-0.05, 0) is 19.1 Å². The molecule has 2 N–H and O–H groups in total. The van der Waals surface area contributed by atoms with Crippen molar-refractivity contribution >= 4 is 5.91 Å². The summed E-state index contributed by atoms with van der Waals surface area (Å²) in [5.41, 5.74) is -3.21. The summed E-state index contributed by atoms with van der Waals surface area (Å²) < 4.78 is 44.5. The Morgan fingerprint density at radius 2 is 2.09 bits per heavy atom. The van der Waals surface area contributed by atoms with Crippen molar-refractivity contribution in [1.82, 2.24) is 15.3 Å². The van der Waals surface area contributed by atoms with E-state index in [1.165, 1.54) is 31.6 Å². The molecule has 1 amide bonds. The molecule has 2 aromatic heterocycles. The first-order chi connectivity index (χ1) is 10.7. The van der Waals surface area contributed by atoms with Crippen LogP contribution in [-0.4, -0.2) is 33.7 Å². The average molecular weight is 329 g/mol. The maximum absolute atomic E-state index is 13.2. The fraction of sp³-hybridized carbons (Fsp3) is 0.357. The number of furan rings is 1. The summed E-state index contributed by atoms with van der Waals surface area (Å²) in [6.07, 6.45) is -1.92. The van der Waals surface area contributed by atoms with Gasteiger partial charge in [0.1, 0.15) is 17.2 Å². The van der Waals surface area contributed by atoms with E-state index in [0.29, 0.717) is 0 Å². The van der Waals surface area contributed by atoms with Gasteiger partial charge >= 0.3 is 6.18 Å². The largest absolute Gasteiger partial charge is 0.463 e. The molecule has 0 aliphatic heterocycles. The number of rotatable bonds is 5. The number of hydrogen-bond acceptors (Lipinski definition) is 5. The number of alkyl halides is 3. The van der Waals surface area contributed by atoms with Crippen molar-refractivity contribution in [3.8, 4) is 0 Å². The highest BCUT2D eigenvalue weighted by molar-refractivity contribution is 5.91. The molecule has 0 bridgehead atoms. The number of aryl methyl sites for hydroxylation is 1. The van der Waals surface area contributed by atoms with Crippen molar-refractivity contribution in [1.29, 1.82) is 0 Å². The minimum Gasteiger partial charge on any atom is -0.463 e. The van der Waals surface area contributed by atoms with E-state index in [-0.39, 0.29) is 11.5 Å². The quantitative estimate of drug-likeness (QED) is 0.875. The Balaban J connectivity index is 2.07. The molecule has 0 saturated carbocycles. The van der Waals surface area contributed by atoms with E-state index in [4.69, 9.17) is 4.42 Å². The van der Waals surface area contributed by atoms with Crippen molar-refractivity contribution in [3.63, 3.8) is 0 Å². The second kappa shape index (κ2) is 6.37. The third-order valence-electron chi connectivity index (χ3n) is 3.19. The smallest absolute Gasteiger partial charge is 0.424 e. The fourth-order valence-corrected chi connectivity index (χ4v) is 1.93. The molecule has 2 aromatic rings. The number of aromatic nitrogens is 2. The predicted molar refractivity (Wildman–Crippen MR) is 72.4 cm³/mol. The number of nitrogens with zero attached hydrogens (tertiary/aromatic N) is 2. The van der Waals surface area contributed by atoms with Gasteiger partial charge in [-0.2, -0.15) is 13.2 Å². The van der Waals surface area contributed by atoms with Crippen LogP contribution in [0.2, 0.25) is 0 Å². The Labute approximate surface area is 129 Å². The SMILES string of the molecule is Cc1ccc([C@@](O)(CCNC(=O)c2cnccn2)C(F)(F)F)o1. The Morgan fingerprint density at radius 1 is 1.35 bits per heavy atom. The number of halogens is 3. The lowest BCUT2D eigenvalue weighted by Crippen LogP contribution is -2.44. The van der Waals surface area contributed by atoms with E-state index in [2.05, 4.69) is 15.3 Å². The lowest BCUT2D eigenvalue weighted by Gasteiger charge is -2.28. The molecule has 0 aliphatic rings. The highest BCUT2D eigenvalue weighted by Crippen LogP contribution is 2.41. The van der Waals surface area contributed by atoms with Crippen molar-refractivity contribution in [2.24, 2.45) is 0 Å². The zero-order valence-corrected chi connectivity index (χ0v) is 12.1. The topological polar surface area (TPSA) is 88.2 Å². The first-order valence-corrected chi connectivity index (χ1v) is 6.64. The van der Waals surface area contributed by atoms with Gasteiger partial charge < -0.3 is 14.8 Å². The van der Waals surface area contributed by atoms with Crippen LogP contribution in [0.25, 0.3) is 0 Å². The van der Waals surface area contributed by atoms with Crippen LogP contribution in [0.4, 0.5) is 13.2 Å². The van der Waals surface area contributed by atoms with Crippen LogP contribution in [0.1, 0.15) is 28.4 Å². The zero-order chi connectivity index (χ0) is 17.1. The minimum atomic E-state index is -4.95. The molecule has 1 atom stereocenters. The highest BCUT2D eigenvalue weighted by Gasteiger charge is 2.56. The molecule has 0 aliphatic carbocycles. The summed E-state index contributed by atoms with van der Waals surface area (Å²) in [4.78, 5) is 19.1. The van der Waals surface area contributed by atoms with E-state index >= 15 is 0 Å². The number of nitrogens with one attached hydrogen (secondary N) is 1. The lowest BCUT2D eigenvalue weighted by molar-refractivity contribution is -0.274. The van der Waals surface area contributed by atoms with E-state index in [0.717, 1.165) is 6.07 Å². The molecule has 0 unspecified atom stereocenters. The Hall–Kier alpha value is -2.42. The van der Waals surface area contributed by atoms with Gasteiger partial charge in [0.05, 0.1) is 6.20 Å². The molecule has 0 aromatic carbocycles. The van der Waals surface area contributed by atoms with Gasteiger partial charge in [-0.3, -0.25) is 9.78 Å². The highest BCUT2D eigenvalue weighted by atomic mass is 19.4. The molecule has 2 heterocycles. The third kappa shape index (κ3) is 3.67. The molecular weight excluding hydrogens is 315 g/mol.